The normalized spacial score (nSPS) is 16.9. The molecule has 5 aromatic rings. The van der Waals surface area contributed by atoms with E-state index < -0.39 is 0 Å². The average molecular weight is 558 g/mol. The number of hydrogen-bond donors (Lipinski definition) is 1. The van der Waals surface area contributed by atoms with Gasteiger partial charge in [-0.25, -0.2) is 0 Å². The summed E-state index contributed by atoms with van der Waals surface area (Å²) in [6.07, 6.45) is 1.77. The topological polar surface area (TPSA) is 50.5 Å². The van der Waals surface area contributed by atoms with Gasteiger partial charge >= 0.3 is 0 Å². The lowest BCUT2D eigenvalue weighted by molar-refractivity contribution is 0.439. The lowest BCUT2D eigenvalue weighted by atomic mass is 10.0. The Hall–Kier alpha value is -3.84. The number of ether oxygens (including phenoxy) is 1. The Morgan fingerprint density at radius 2 is 1.58 bits per heavy atom. The number of pyridine rings is 1. The Kier molecular flexibility index (Phi) is 6.77. The molecule has 6 rings (SSSR count). The van der Waals surface area contributed by atoms with Crippen LogP contribution >= 0.6 is 35.4 Å². The van der Waals surface area contributed by atoms with Crippen LogP contribution in [0.5, 0.6) is 11.5 Å². The molecular formula is C30H21Cl2N3O2S. The molecule has 2 aromatic heterocycles. The van der Waals surface area contributed by atoms with Crippen LogP contribution in [0.2, 0.25) is 10.0 Å². The van der Waals surface area contributed by atoms with E-state index in [0.29, 0.717) is 26.7 Å². The fourth-order valence-corrected chi connectivity index (χ4v) is 5.31. The molecule has 3 heterocycles. The van der Waals surface area contributed by atoms with Crippen molar-refractivity contribution in [2.75, 3.05) is 4.90 Å². The molecule has 0 spiro atoms. The number of halogens is 2. The van der Waals surface area contributed by atoms with Gasteiger partial charge in [0.2, 0.25) is 0 Å². The molecule has 1 aliphatic heterocycles. The van der Waals surface area contributed by atoms with Crippen molar-refractivity contribution in [3.63, 3.8) is 0 Å². The van der Waals surface area contributed by atoms with Gasteiger partial charge in [0.15, 0.2) is 5.11 Å². The molecule has 38 heavy (non-hydrogen) atoms. The van der Waals surface area contributed by atoms with Crippen LogP contribution in [0.1, 0.15) is 23.5 Å². The zero-order valence-electron chi connectivity index (χ0n) is 19.9. The van der Waals surface area contributed by atoms with Crippen LogP contribution in [0, 0.1) is 0 Å². The van der Waals surface area contributed by atoms with Crippen LogP contribution in [0.3, 0.4) is 0 Å². The van der Waals surface area contributed by atoms with E-state index in [0.717, 1.165) is 28.4 Å². The zero-order chi connectivity index (χ0) is 26.1. The molecule has 3 aromatic carbocycles. The highest BCUT2D eigenvalue weighted by Crippen LogP contribution is 2.44. The highest BCUT2D eigenvalue weighted by atomic mass is 35.5. The summed E-state index contributed by atoms with van der Waals surface area (Å²) in [5.41, 5.74) is 2.47. The van der Waals surface area contributed by atoms with E-state index in [2.05, 4.69) is 10.3 Å². The number of hydrogen-bond acceptors (Lipinski definition) is 4. The number of rotatable bonds is 6. The number of benzene rings is 3. The van der Waals surface area contributed by atoms with Crippen molar-refractivity contribution in [3.05, 3.63) is 131 Å². The molecule has 1 aliphatic rings. The zero-order valence-corrected chi connectivity index (χ0v) is 22.3. The maximum atomic E-state index is 6.48. The summed E-state index contributed by atoms with van der Waals surface area (Å²) in [5, 5.41) is 4.93. The molecule has 1 N–H and O–H groups in total. The van der Waals surface area contributed by atoms with Gasteiger partial charge in [-0.15, -0.1) is 0 Å². The first-order valence-electron chi connectivity index (χ1n) is 12.0. The fraction of sp³-hybridized carbons (Fsp3) is 0.0667. The second-order valence-corrected chi connectivity index (χ2v) is 9.88. The van der Waals surface area contributed by atoms with E-state index in [4.69, 9.17) is 44.6 Å². The minimum absolute atomic E-state index is 0.238. The summed E-state index contributed by atoms with van der Waals surface area (Å²) < 4.78 is 12.4. The van der Waals surface area contributed by atoms with Crippen molar-refractivity contribution in [2.24, 2.45) is 0 Å². The van der Waals surface area contributed by atoms with Crippen molar-refractivity contribution < 1.29 is 9.15 Å². The van der Waals surface area contributed by atoms with Gasteiger partial charge in [-0.2, -0.15) is 0 Å². The summed E-state index contributed by atoms with van der Waals surface area (Å²) in [6, 6.07) is 32.1. The highest BCUT2D eigenvalue weighted by molar-refractivity contribution is 7.80. The van der Waals surface area contributed by atoms with E-state index in [1.165, 1.54) is 0 Å². The minimum atomic E-state index is -0.301. The lowest BCUT2D eigenvalue weighted by Gasteiger charge is -2.26. The average Bonchev–Trinajstić information content (AvgIpc) is 3.56. The second-order valence-electron chi connectivity index (χ2n) is 8.71. The molecule has 0 unspecified atom stereocenters. The largest absolute Gasteiger partial charge is 0.459 e. The molecule has 8 heteroatoms. The first kappa shape index (κ1) is 24.5. The molecule has 1 fully saturated rings. The van der Waals surface area contributed by atoms with E-state index in [9.17, 15) is 0 Å². The maximum absolute atomic E-state index is 6.48. The van der Waals surface area contributed by atoms with Gasteiger partial charge in [-0.05, 0) is 85.0 Å². The molecular weight excluding hydrogens is 537 g/mol. The molecule has 5 nitrogen and oxygen atoms in total. The first-order valence-corrected chi connectivity index (χ1v) is 13.1. The van der Waals surface area contributed by atoms with Gasteiger partial charge < -0.3 is 19.4 Å². The number of thiocarbonyl (C=S) groups is 1. The SMILES string of the molecule is S=C1N[C@H](c2ccccn2)[C@@H](c2ccc(-c3cccc(Cl)c3Cl)o2)N1c1ccc(Oc2ccccc2)cc1. The second kappa shape index (κ2) is 10.5. The van der Waals surface area contributed by atoms with Crippen molar-refractivity contribution in [1.82, 2.24) is 10.3 Å². The number of para-hydroxylation sites is 1. The Labute approximate surface area is 235 Å². The molecule has 0 aliphatic carbocycles. The predicted molar refractivity (Wildman–Crippen MR) is 155 cm³/mol. The monoisotopic (exact) mass is 557 g/mol. The van der Waals surface area contributed by atoms with Crippen LogP contribution in [-0.4, -0.2) is 10.1 Å². The van der Waals surface area contributed by atoms with Crippen LogP contribution in [0.25, 0.3) is 11.3 Å². The summed E-state index contributed by atoms with van der Waals surface area (Å²) in [4.78, 5) is 6.65. The van der Waals surface area contributed by atoms with Gasteiger partial charge in [0.25, 0.3) is 0 Å². The molecule has 1 saturated heterocycles. The number of nitrogens with zero attached hydrogens (tertiary/aromatic N) is 2. The predicted octanol–water partition coefficient (Wildman–Crippen LogP) is 8.62. The van der Waals surface area contributed by atoms with Crippen molar-refractivity contribution in [1.29, 1.82) is 0 Å². The smallest absolute Gasteiger partial charge is 0.174 e. The third-order valence-corrected chi connectivity index (χ3v) is 7.46. The number of nitrogens with one attached hydrogen (secondary N) is 1. The molecule has 188 valence electrons. The van der Waals surface area contributed by atoms with Crippen LogP contribution in [-0.2, 0) is 0 Å². The third kappa shape index (κ3) is 4.74. The maximum Gasteiger partial charge on any atom is 0.174 e. The Morgan fingerprint density at radius 3 is 2.34 bits per heavy atom. The van der Waals surface area contributed by atoms with Crippen LogP contribution < -0.4 is 15.0 Å². The van der Waals surface area contributed by atoms with Crippen LogP contribution in [0.15, 0.2) is 114 Å². The van der Waals surface area contributed by atoms with E-state index in [1.54, 1.807) is 12.3 Å². The molecule has 0 bridgehead atoms. The lowest BCUT2D eigenvalue weighted by Crippen LogP contribution is -2.29. The molecule has 0 amide bonds. The fourth-order valence-electron chi connectivity index (χ4n) is 4.57. The summed E-state index contributed by atoms with van der Waals surface area (Å²) >= 11 is 18.6. The molecule has 0 saturated carbocycles. The van der Waals surface area contributed by atoms with Gasteiger partial charge in [-0.1, -0.05) is 53.5 Å². The van der Waals surface area contributed by atoms with E-state index >= 15 is 0 Å². The van der Waals surface area contributed by atoms with Gasteiger partial charge in [0.05, 0.1) is 21.8 Å². The number of anilines is 1. The Bertz CT molecular complexity index is 1580. The van der Waals surface area contributed by atoms with Gasteiger partial charge in [0.1, 0.15) is 29.1 Å². The number of furan rings is 1. The van der Waals surface area contributed by atoms with Crippen molar-refractivity contribution in [3.8, 4) is 22.8 Å². The first-order chi connectivity index (χ1) is 18.6. The molecule has 0 radical (unpaired) electrons. The minimum Gasteiger partial charge on any atom is -0.459 e. The van der Waals surface area contributed by atoms with Crippen molar-refractivity contribution in [2.45, 2.75) is 12.1 Å². The van der Waals surface area contributed by atoms with Crippen molar-refractivity contribution >= 4 is 46.2 Å². The molecule has 2 atom stereocenters. The highest BCUT2D eigenvalue weighted by Gasteiger charge is 2.42. The van der Waals surface area contributed by atoms with E-state index in [1.807, 2.05) is 102 Å². The standard InChI is InChI=1S/C30H21Cl2N3O2S/c31-23-10-6-9-22(27(23)32)25-16-17-26(37-25)29-28(24-11-4-5-18-33-24)34-30(38)35(29)19-12-14-21(15-13-19)36-20-7-2-1-3-8-20/h1-18,28-29H,(H,34,38)/t28-,29-/m1/s1. The quantitative estimate of drug-likeness (QED) is 0.211. The Morgan fingerprint density at radius 1 is 0.816 bits per heavy atom. The summed E-state index contributed by atoms with van der Waals surface area (Å²) in [6.45, 7) is 0. The van der Waals surface area contributed by atoms with Crippen LogP contribution in [0.4, 0.5) is 5.69 Å². The van der Waals surface area contributed by atoms with E-state index in [-0.39, 0.29) is 12.1 Å². The Balaban J connectivity index is 1.37. The van der Waals surface area contributed by atoms with Gasteiger partial charge in [-0.3, -0.25) is 4.98 Å². The number of aromatic nitrogens is 1. The summed E-state index contributed by atoms with van der Waals surface area (Å²) in [5.74, 6) is 2.83. The third-order valence-electron chi connectivity index (χ3n) is 6.33. The summed E-state index contributed by atoms with van der Waals surface area (Å²) in [7, 11) is 0. The van der Waals surface area contributed by atoms with Gasteiger partial charge in [0, 0.05) is 17.4 Å².